The molecule has 1 N–H and O–H groups in total. The monoisotopic (exact) mass is 273 g/mol. The highest BCUT2D eigenvalue weighted by molar-refractivity contribution is 5.88. The topological polar surface area (TPSA) is 34.4 Å². The molecule has 1 aliphatic carbocycles. The molecule has 1 aliphatic rings. The van der Waals surface area contributed by atoms with Gasteiger partial charge in [0.15, 0.2) is 11.3 Å². The van der Waals surface area contributed by atoms with Gasteiger partial charge in [0, 0.05) is 10.9 Å². The molecular weight excluding hydrogens is 250 g/mol. The van der Waals surface area contributed by atoms with Crippen molar-refractivity contribution in [2.45, 2.75) is 39.2 Å². The highest BCUT2D eigenvalue weighted by Gasteiger charge is 2.31. The SMILES string of the molecule is COc1cccc2c(C3CC3)c(CNCC(C)C)oc12. The normalized spacial score (nSPS) is 15.2. The average molecular weight is 273 g/mol. The maximum Gasteiger partial charge on any atom is 0.176 e. The van der Waals surface area contributed by atoms with Gasteiger partial charge in [0.2, 0.25) is 0 Å². The molecule has 0 aliphatic heterocycles. The minimum atomic E-state index is 0.651. The molecule has 0 spiro atoms. The summed E-state index contributed by atoms with van der Waals surface area (Å²) in [4.78, 5) is 0. The fourth-order valence-electron chi connectivity index (χ4n) is 2.75. The van der Waals surface area contributed by atoms with Gasteiger partial charge < -0.3 is 14.5 Å². The van der Waals surface area contributed by atoms with E-state index in [1.165, 1.54) is 23.8 Å². The van der Waals surface area contributed by atoms with Gasteiger partial charge >= 0.3 is 0 Å². The number of fused-ring (bicyclic) bond motifs is 1. The van der Waals surface area contributed by atoms with E-state index < -0.39 is 0 Å². The molecule has 2 aromatic rings. The number of rotatable bonds is 6. The lowest BCUT2D eigenvalue weighted by Gasteiger charge is -2.06. The van der Waals surface area contributed by atoms with Crippen LogP contribution < -0.4 is 10.1 Å². The van der Waals surface area contributed by atoms with E-state index in [9.17, 15) is 0 Å². The van der Waals surface area contributed by atoms with Crippen LogP contribution in [0.1, 0.15) is 43.9 Å². The largest absolute Gasteiger partial charge is 0.493 e. The lowest BCUT2D eigenvalue weighted by atomic mass is 10.1. The third-order valence-corrected chi connectivity index (χ3v) is 3.84. The molecule has 1 fully saturated rings. The Kier molecular flexibility index (Phi) is 3.70. The molecule has 3 heteroatoms. The van der Waals surface area contributed by atoms with Gasteiger partial charge in [0.05, 0.1) is 13.7 Å². The fraction of sp³-hybridized carbons (Fsp3) is 0.529. The molecule has 1 aromatic heterocycles. The summed E-state index contributed by atoms with van der Waals surface area (Å²) in [5, 5.41) is 4.72. The molecule has 0 atom stereocenters. The van der Waals surface area contributed by atoms with Crippen LogP contribution in [0.5, 0.6) is 5.75 Å². The van der Waals surface area contributed by atoms with Crippen molar-refractivity contribution in [3.8, 4) is 5.75 Å². The smallest absolute Gasteiger partial charge is 0.176 e. The minimum absolute atomic E-state index is 0.651. The highest BCUT2D eigenvalue weighted by Crippen LogP contribution is 2.47. The van der Waals surface area contributed by atoms with E-state index in [4.69, 9.17) is 9.15 Å². The van der Waals surface area contributed by atoms with Crippen LogP contribution in [0, 0.1) is 5.92 Å². The number of nitrogens with one attached hydrogen (secondary N) is 1. The van der Waals surface area contributed by atoms with Crippen LogP contribution in [0.25, 0.3) is 11.0 Å². The van der Waals surface area contributed by atoms with Crippen LogP contribution in [0.2, 0.25) is 0 Å². The second kappa shape index (κ2) is 5.49. The average Bonchev–Trinajstić information content (AvgIpc) is 3.19. The third-order valence-electron chi connectivity index (χ3n) is 3.84. The van der Waals surface area contributed by atoms with Crippen molar-refractivity contribution >= 4 is 11.0 Å². The number of para-hydroxylation sites is 1. The Morgan fingerprint density at radius 2 is 2.15 bits per heavy atom. The Labute approximate surface area is 120 Å². The van der Waals surface area contributed by atoms with Crippen molar-refractivity contribution in [1.82, 2.24) is 5.32 Å². The number of benzene rings is 1. The second-order valence-corrected chi connectivity index (χ2v) is 6.07. The lowest BCUT2D eigenvalue weighted by molar-refractivity contribution is 0.405. The molecule has 1 saturated carbocycles. The first-order valence-corrected chi connectivity index (χ1v) is 7.49. The summed E-state index contributed by atoms with van der Waals surface area (Å²) in [7, 11) is 1.70. The first-order chi connectivity index (χ1) is 9.70. The molecular formula is C17H23NO2. The zero-order valence-corrected chi connectivity index (χ0v) is 12.5. The highest BCUT2D eigenvalue weighted by atomic mass is 16.5. The van der Waals surface area contributed by atoms with E-state index in [1.54, 1.807) is 7.11 Å². The molecule has 3 nitrogen and oxygen atoms in total. The summed E-state index contributed by atoms with van der Waals surface area (Å²) >= 11 is 0. The number of hydrogen-bond acceptors (Lipinski definition) is 3. The zero-order valence-electron chi connectivity index (χ0n) is 12.5. The third kappa shape index (κ3) is 2.55. The van der Waals surface area contributed by atoms with Crippen LogP contribution in [-0.2, 0) is 6.54 Å². The van der Waals surface area contributed by atoms with Gasteiger partial charge in [-0.15, -0.1) is 0 Å². The quantitative estimate of drug-likeness (QED) is 0.861. The van der Waals surface area contributed by atoms with Crippen LogP contribution in [0.3, 0.4) is 0 Å². The van der Waals surface area contributed by atoms with Gasteiger partial charge in [-0.2, -0.15) is 0 Å². The van der Waals surface area contributed by atoms with Gasteiger partial charge in [-0.3, -0.25) is 0 Å². The molecule has 0 saturated heterocycles. The molecule has 0 unspecified atom stereocenters. The molecule has 0 bridgehead atoms. The van der Waals surface area contributed by atoms with Crippen molar-refractivity contribution in [2.24, 2.45) is 5.92 Å². The Balaban J connectivity index is 1.95. The Hall–Kier alpha value is -1.48. The molecule has 108 valence electrons. The second-order valence-electron chi connectivity index (χ2n) is 6.07. The lowest BCUT2D eigenvalue weighted by Crippen LogP contribution is -2.19. The van der Waals surface area contributed by atoms with Crippen LogP contribution in [-0.4, -0.2) is 13.7 Å². The number of methoxy groups -OCH3 is 1. The maximum absolute atomic E-state index is 6.12. The van der Waals surface area contributed by atoms with Crippen molar-refractivity contribution in [3.05, 3.63) is 29.5 Å². The molecule has 0 amide bonds. The summed E-state index contributed by atoms with van der Waals surface area (Å²) < 4.78 is 11.5. The van der Waals surface area contributed by atoms with Crippen molar-refractivity contribution in [2.75, 3.05) is 13.7 Å². The predicted molar refractivity (Wildman–Crippen MR) is 81.3 cm³/mol. The summed E-state index contributed by atoms with van der Waals surface area (Å²) in [6, 6.07) is 6.17. The van der Waals surface area contributed by atoms with E-state index in [1.807, 2.05) is 12.1 Å². The van der Waals surface area contributed by atoms with Gasteiger partial charge in [-0.1, -0.05) is 26.0 Å². The number of hydrogen-bond donors (Lipinski definition) is 1. The van der Waals surface area contributed by atoms with E-state index in [2.05, 4.69) is 25.2 Å². The van der Waals surface area contributed by atoms with E-state index >= 15 is 0 Å². The van der Waals surface area contributed by atoms with Gasteiger partial charge in [-0.05, 0) is 37.3 Å². The molecule has 3 rings (SSSR count). The standard InChI is InChI=1S/C17H23NO2/c1-11(2)9-18-10-15-16(12-7-8-12)13-5-4-6-14(19-3)17(13)20-15/h4-6,11-12,18H,7-10H2,1-3H3. The van der Waals surface area contributed by atoms with Crippen LogP contribution in [0.4, 0.5) is 0 Å². The van der Waals surface area contributed by atoms with Gasteiger partial charge in [0.25, 0.3) is 0 Å². The summed E-state index contributed by atoms with van der Waals surface area (Å²) in [5.41, 5.74) is 2.30. The maximum atomic E-state index is 6.12. The molecule has 1 heterocycles. The van der Waals surface area contributed by atoms with E-state index in [-0.39, 0.29) is 0 Å². The minimum Gasteiger partial charge on any atom is -0.493 e. The molecule has 0 radical (unpaired) electrons. The Morgan fingerprint density at radius 1 is 1.35 bits per heavy atom. The summed E-state index contributed by atoms with van der Waals surface area (Å²) in [5.74, 6) is 3.25. The predicted octanol–water partition coefficient (Wildman–Crippen LogP) is 4.06. The zero-order chi connectivity index (χ0) is 14.1. The Morgan fingerprint density at radius 3 is 2.80 bits per heavy atom. The number of furan rings is 1. The summed E-state index contributed by atoms with van der Waals surface area (Å²) in [6.07, 6.45) is 2.56. The van der Waals surface area contributed by atoms with Crippen LogP contribution >= 0.6 is 0 Å². The van der Waals surface area contributed by atoms with E-state index in [0.717, 1.165) is 30.2 Å². The van der Waals surface area contributed by atoms with Gasteiger partial charge in [-0.25, -0.2) is 0 Å². The first kappa shape index (κ1) is 13.5. The summed E-state index contributed by atoms with van der Waals surface area (Å²) in [6.45, 7) is 6.26. The van der Waals surface area contributed by atoms with E-state index in [0.29, 0.717) is 11.8 Å². The van der Waals surface area contributed by atoms with Gasteiger partial charge in [0.1, 0.15) is 5.76 Å². The van der Waals surface area contributed by atoms with Crippen molar-refractivity contribution in [1.29, 1.82) is 0 Å². The molecule has 20 heavy (non-hydrogen) atoms. The van der Waals surface area contributed by atoms with Crippen molar-refractivity contribution in [3.63, 3.8) is 0 Å². The molecule has 1 aromatic carbocycles. The number of ether oxygens (including phenoxy) is 1. The first-order valence-electron chi connectivity index (χ1n) is 7.49. The fourth-order valence-corrected chi connectivity index (χ4v) is 2.75. The Bertz CT molecular complexity index is 596. The van der Waals surface area contributed by atoms with Crippen LogP contribution in [0.15, 0.2) is 22.6 Å². The van der Waals surface area contributed by atoms with Crippen molar-refractivity contribution < 1.29 is 9.15 Å².